The Balaban J connectivity index is 1.18. The van der Waals surface area contributed by atoms with Crippen molar-refractivity contribution < 1.29 is 4.42 Å². The lowest BCUT2D eigenvalue weighted by atomic mass is 9.94. The molecule has 0 aliphatic carbocycles. The Morgan fingerprint density at radius 1 is 0.345 bits per heavy atom. The maximum atomic E-state index is 6.99. The van der Waals surface area contributed by atoms with Crippen molar-refractivity contribution >= 4 is 21.9 Å². The number of hydrogen-bond donors (Lipinski definition) is 0. The number of pyridine rings is 1. The summed E-state index contributed by atoms with van der Waals surface area (Å²) in [6, 6.07) is 68.9. The van der Waals surface area contributed by atoms with Gasteiger partial charge in [0.1, 0.15) is 11.5 Å². The molecule has 0 spiro atoms. The third-order valence-electron chi connectivity index (χ3n) is 10.1. The molecular formula is C51H33N3O. The van der Waals surface area contributed by atoms with Gasteiger partial charge in [-0.1, -0.05) is 182 Å². The highest BCUT2D eigenvalue weighted by molar-refractivity contribution is 6.18. The van der Waals surface area contributed by atoms with Crippen LogP contribution in [0.5, 0.6) is 0 Å². The molecule has 55 heavy (non-hydrogen) atoms. The fourth-order valence-corrected chi connectivity index (χ4v) is 7.43. The summed E-state index contributed by atoms with van der Waals surface area (Å²) >= 11 is 0. The molecule has 0 saturated carbocycles. The lowest BCUT2D eigenvalue weighted by Gasteiger charge is -2.12. The van der Waals surface area contributed by atoms with Gasteiger partial charge in [-0.05, 0) is 34.9 Å². The highest BCUT2D eigenvalue weighted by Crippen LogP contribution is 2.47. The van der Waals surface area contributed by atoms with Gasteiger partial charge in [0.05, 0.1) is 16.9 Å². The number of hydrogen-bond acceptors (Lipinski definition) is 4. The molecule has 0 aliphatic rings. The zero-order valence-corrected chi connectivity index (χ0v) is 29.8. The fourth-order valence-electron chi connectivity index (χ4n) is 7.43. The monoisotopic (exact) mass is 703 g/mol. The number of fused-ring (bicyclic) bond motifs is 3. The molecule has 10 aromatic rings. The van der Waals surface area contributed by atoms with Crippen molar-refractivity contribution in [3.05, 3.63) is 200 Å². The molecule has 4 nitrogen and oxygen atoms in total. The van der Waals surface area contributed by atoms with E-state index in [1.165, 1.54) is 5.56 Å². The van der Waals surface area contributed by atoms with Crippen molar-refractivity contribution in [1.29, 1.82) is 0 Å². The average molecular weight is 704 g/mol. The van der Waals surface area contributed by atoms with Gasteiger partial charge in [-0.15, -0.1) is 0 Å². The van der Waals surface area contributed by atoms with E-state index >= 15 is 0 Å². The molecular weight excluding hydrogens is 671 g/mol. The predicted octanol–water partition coefficient (Wildman–Crippen LogP) is 13.4. The average Bonchev–Trinajstić information content (AvgIpc) is 3.69. The van der Waals surface area contributed by atoms with Crippen LogP contribution in [0.3, 0.4) is 0 Å². The lowest BCUT2D eigenvalue weighted by Crippen LogP contribution is -1.96. The van der Waals surface area contributed by atoms with Gasteiger partial charge in [0.15, 0.2) is 11.4 Å². The van der Waals surface area contributed by atoms with Crippen molar-refractivity contribution in [3.63, 3.8) is 0 Å². The maximum absolute atomic E-state index is 6.99. The van der Waals surface area contributed by atoms with Gasteiger partial charge < -0.3 is 4.42 Å². The smallest absolute Gasteiger partial charge is 0.162 e. The number of nitrogens with zero attached hydrogens (tertiary/aromatic N) is 3. The molecule has 0 amide bonds. The van der Waals surface area contributed by atoms with Gasteiger partial charge in [-0.3, -0.25) is 0 Å². The third kappa shape index (κ3) is 6.06. The Morgan fingerprint density at radius 2 is 0.855 bits per heavy atom. The molecule has 3 aromatic heterocycles. The van der Waals surface area contributed by atoms with Gasteiger partial charge in [0, 0.05) is 44.2 Å². The highest BCUT2D eigenvalue weighted by Gasteiger charge is 2.24. The number of aromatic nitrogens is 3. The molecule has 0 radical (unpaired) electrons. The molecule has 0 N–H and O–H groups in total. The van der Waals surface area contributed by atoms with Gasteiger partial charge in [0.2, 0.25) is 0 Å². The van der Waals surface area contributed by atoms with E-state index in [-0.39, 0.29) is 0 Å². The van der Waals surface area contributed by atoms with Gasteiger partial charge in [0.25, 0.3) is 0 Å². The topological polar surface area (TPSA) is 51.8 Å². The fraction of sp³-hybridized carbons (Fsp3) is 0. The van der Waals surface area contributed by atoms with Crippen LogP contribution >= 0.6 is 0 Å². The zero-order chi connectivity index (χ0) is 36.6. The molecule has 7 aromatic carbocycles. The summed E-state index contributed by atoms with van der Waals surface area (Å²) in [5.41, 5.74) is 13.6. The van der Waals surface area contributed by atoms with E-state index in [1.54, 1.807) is 0 Å². The summed E-state index contributed by atoms with van der Waals surface area (Å²) in [5.74, 6) is 1.48. The first-order valence-corrected chi connectivity index (χ1v) is 18.4. The minimum Gasteiger partial charge on any atom is -0.453 e. The summed E-state index contributed by atoms with van der Waals surface area (Å²) in [6.07, 6.45) is 0. The second kappa shape index (κ2) is 13.8. The summed E-state index contributed by atoms with van der Waals surface area (Å²) in [7, 11) is 0. The van der Waals surface area contributed by atoms with Crippen molar-refractivity contribution in [2.24, 2.45) is 0 Å². The number of rotatable bonds is 7. The predicted molar refractivity (Wildman–Crippen MR) is 225 cm³/mol. The summed E-state index contributed by atoms with van der Waals surface area (Å²) in [5, 5.41) is 2.07. The van der Waals surface area contributed by atoms with Crippen LogP contribution in [0.2, 0.25) is 0 Å². The molecule has 0 fully saturated rings. The second-order valence-corrected chi connectivity index (χ2v) is 13.6. The Hall–Kier alpha value is -7.43. The minimum absolute atomic E-state index is 0.675. The maximum Gasteiger partial charge on any atom is 0.162 e. The van der Waals surface area contributed by atoms with Crippen LogP contribution in [0.15, 0.2) is 205 Å². The standard InChI is InChI=1S/C51H33N3O/c1-5-16-34(17-6-1)35-28-30-36(31-29-35)44-33-45(54-51(53-44)39-22-11-4-12-23-39)40-24-15-25-41(32-40)46-47-42-26-13-14-27-43(42)52-48(37-18-7-2-8-19-37)50(47)55-49(46)38-20-9-3-10-21-38/h1-33H. The summed E-state index contributed by atoms with van der Waals surface area (Å²) < 4.78 is 6.99. The zero-order valence-electron chi connectivity index (χ0n) is 29.8. The lowest BCUT2D eigenvalue weighted by molar-refractivity contribution is 0.632. The molecule has 4 heteroatoms. The Kier molecular flexibility index (Phi) is 8.12. The summed E-state index contributed by atoms with van der Waals surface area (Å²) in [4.78, 5) is 15.5. The summed E-state index contributed by atoms with van der Waals surface area (Å²) in [6.45, 7) is 0. The third-order valence-corrected chi connectivity index (χ3v) is 10.1. The quantitative estimate of drug-likeness (QED) is 0.166. The van der Waals surface area contributed by atoms with E-state index in [9.17, 15) is 0 Å². The van der Waals surface area contributed by atoms with Crippen molar-refractivity contribution in [3.8, 4) is 78.7 Å². The van der Waals surface area contributed by atoms with E-state index in [0.717, 1.165) is 89.2 Å². The second-order valence-electron chi connectivity index (χ2n) is 13.6. The van der Waals surface area contributed by atoms with Gasteiger partial charge in [-0.2, -0.15) is 0 Å². The number of benzene rings is 7. The Labute approximate surface area is 319 Å². The molecule has 0 atom stereocenters. The first kappa shape index (κ1) is 32.2. The largest absolute Gasteiger partial charge is 0.453 e. The number of para-hydroxylation sites is 1. The Bertz CT molecular complexity index is 2940. The highest BCUT2D eigenvalue weighted by atomic mass is 16.3. The Morgan fingerprint density at radius 3 is 1.55 bits per heavy atom. The van der Waals surface area contributed by atoms with Crippen LogP contribution in [-0.4, -0.2) is 15.0 Å². The van der Waals surface area contributed by atoms with Crippen molar-refractivity contribution in [2.45, 2.75) is 0 Å². The minimum atomic E-state index is 0.675. The van der Waals surface area contributed by atoms with Crippen LogP contribution in [0, 0.1) is 0 Å². The van der Waals surface area contributed by atoms with Gasteiger partial charge in [-0.25, -0.2) is 15.0 Å². The molecule has 0 aliphatic heterocycles. The molecule has 258 valence electrons. The van der Waals surface area contributed by atoms with E-state index in [0.29, 0.717) is 5.82 Å². The van der Waals surface area contributed by atoms with E-state index in [4.69, 9.17) is 19.4 Å². The molecule has 0 bridgehead atoms. The van der Waals surface area contributed by atoms with Crippen LogP contribution in [-0.2, 0) is 0 Å². The van der Waals surface area contributed by atoms with Crippen molar-refractivity contribution in [1.82, 2.24) is 15.0 Å². The molecule has 3 heterocycles. The van der Waals surface area contributed by atoms with E-state index in [2.05, 4.69) is 146 Å². The first-order chi connectivity index (χ1) is 27.3. The van der Waals surface area contributed by atoms with Crippen LogP contribution < -0.4 is 0 Å². The normalized spacial score (nSPS) is 11.3. The van der Waals surface area contributed by atoms with E-state index < -0.39 is 0 Å². The first-order valence-electron chi connectivity index (χ1n) is 18.4. The molecule has 10 rings (SSSR count). The van der Waals surface area contributed by atoms with Gasteiger partial charge >= 0.3 is 0 Å². The number of furan rings is 1. The van der Waals surface area contributed by atoms with Crippen LogP contribution in [0.4, 0.5) is 0 Å². The van der Waals surface area contributed by atoms with E-state index in [1.807, 2.05) is 54.6 Å². The molecule has 0 unspecified atom stereocenters. The van der Waals surface area contributed by atoms with Crippen LogP contribution in [0.25, 0.3) is 101 Å². The van der Waals surface area contributed by atoms with Crippen LogP contribution in [0.1, 0.15) is 0 Å². The SMILES string of the molecule is c1ccc(-c2ccc(-c3cc(-c4cccc(-c5c(-c6ccccc6)oc6c(-c7ccccc7)nc7ccccc7c56)c4)nc(-c4ccccc4)n3)cc2)cc1. The molecule has 0 saturated heterocycles. The van der Waals surface area contributed by atoms with Crippen molar-refractivity contribution in [2.75, 3.05) is 0 Å².